The molecule has 0 saturated heterocycles. The van der Waals surface area contributed by atoms with Crippen LogP contribution in [0.3, 0.4) is 0 Å². The van der Waals surface area contributed by atoms with E-state index in [0.29, 0.717) is 0 Å². The molecule has 10 heavy (non-hydrogen) atoms. The van der Waals surface area contributed by atoms with E-state index >= 15 is 0 Å². The summed E-state index contributed by atoms with van der Waals surface area (Å²) in [5.41, 5.74) is 1.88. The van der Waals surface area contributed by atoms with E-state index in [2.05, 4.69) is 0 Å². The van der Waals surface area contributed by atoms with Crippen LogP contribution in [0.1, 0.15) is 20.8 Å². The van der Waals surface area contributed by atoms with Crippen LogP contribution >= 0.6 is 0 Å². The predicted octanol–water partition coefficient (Wildman–Crippen LogP) is 1.98. The molecule has 0 saturated carbocycles. The highest BCUT2D eigenvalue weighted by Gasteiger charge is 1.88. The van der Waals surface area contributed by atoms with Crippen LogP contribution in [-0.4, -0.2) is 11.1 Å². The van der Waals surface area contributed by atoms with Crippen LogP contribution in [0, 0.1) is 0 Å². The Bertz CT molecular complexity index is 183. The molecule has 0 aliphatic heterocycles. The number of allylic oxidation sites excluding steroid dienone is 3. The maximum atomic E-state index is 10.1. The summed E-state index contributed by atoms with van der Waals surface area (Å²) >= 11 is 0. The normalized spacial score (nSPS) is 10.9. The van der Waals surface area contributed by atoms with Crippen LogP contribution in [-0.2, 0) is 4.79 Å². The first-order valence-corrected chi connectivity index (χ1v) is 3.08. The number of hydrogen-bond donors (Lipinski definition) is 1. The molecule has 2 heteroatoms. The van der Waals surface area contributed by atoms with Crippen molar-refractivity contribution in [3.63, 3.8) is 0 Å². The summed E-state index contributed by atoms with van der Waals surface area (Å²) < 4.78 is 0. The Morgan fingerprint density at radius 1 is 1.20 bits per heavy atom. The monoisotopic (exact) mass is 140 g/mol. The summed E-state index contributed by atoms with van der Waals surface area (Å²) in [5.74, 6) is -0.894. The van der Waals surface area contributed by atoms with E-state index in [0.717, 1.165) is 11.1 Å². The lowest BCUT2D eigenvalue weighted by Crippen LogP contribution is -1.88. The smallest absolute Gasteiger partial charge is 0.328 e. The Balaban J connectivity index is 4.22. The molecule has 0 rings (SSSR count). The van der Waals surface area contributed by atoms with Gasteiger partial charge in [-0.25, -0.2) is 4.79 Å². The average Bonchev–Trinajstić information content (AvgIpc) is 1.58. The van der Waals surface area contributed by atoms with Gasteiger partial charge in [-0.3, -0.25) is 0 Å². The van der Waals surface area contributed by atoms with Crippen molar-refractivity contribution in [2.75, 3.05) is 0 Å². The van der Waals surface area contributed by atoms with Crippen molar-refractivity contribution >= 4 is 5.97 Å². The fourth-order valence-corrected chi connectivity index (χ4v) is 0.692. The van der Waals surface area contributed by atoms with Gasteiger partial charge in [0.05, 0.1) is 0 Å². The predicted molar refractivity (Wildman–Crippen MR) is 40.8 cm³/mol. The summed E-state index contributed by atoms with van der Waals surface area (Å²) in [6.07, 6.45) is 3.01. The lowest BCUT2D eigenvalue weighted by molar-refractivity contribution is -0.131. The lowest BCUT2D eigenvalue weighted by atomic mass is 10.2. The molecule has 0 aromatic rings. The first-order chi connectivity index (χ1) is 4.52. The summed E-state index contributed by atoms with van der Waals surface area (Å²) in [4.78, 5) is 10.1. The second kappa shape index (κ2) is 3.88. The van der Waals surface area contributed by atoms with Crippen LogP contribution < -0.4 is 0 Å². The molecule has 56 valence electrons. The van der Waals surface area contributed by atoms with Crippen LogP contribution in [0.25, 0.3) is 0 Å². The van der Waals surface area contributed by atoms with Gasteiger partial charge < -0.3 is 5.11 Å². The van der Waals surface area contributed by atoms with E-state index in [4.69, 9.17) is 5.11 Å². The Labute approximate surface area is 60.9 Å². The average molecular weight is 140 g/mol. The minimum atomic E-state index is -0.894. The summed E-state index contributed by atoms with van der Waals surface area (Å²) in [6.45, 7) is 5.62. The third kappa shape index (κ3) is 5.09. The van der Waals surface area contributed by atoms with Crippen molar-refractivity contribution in [1.82, 2.24) is 0 Å². The van der Waals surface area contributed by atoms with Crippen molar-refractivity contribution in [1.29, 1.82) is 0 Å². The van der Waals surface area contributed by atoms with E-state index in [1.54, 1.807) is 6.92 Å². The summed E-state index contributed by atoms with van der Waals surface area (Å²) in [5, 5.41) is 8.29. The molecule has 0 aliphatic rings. The zero-order valence-electron chi connectivity index (χ0n) is 6.51. The molecule has 0 aromatic carbocycles. The zero-order valence-corrected chi connectivity index (χ0v) is 6.51. The number of aliphatic carboxylic acids is 1. The van der Waals surface area contributed by atoms with Crippen LogP contribution in [0.5, 0.6) is 0 Å². The first-order valence-electron chi connectivity index (χ1n) is 3.08. The highest BCUT2D eigenvalue weighted by atomic mass is 16.4. The van der Waals surface area contributed by atoms with Gasteiger partial charge in [-0.2, -0.15) is 0 Å². The van der Waals surface area contributed by atoms with Gasteiger partial charge >= 0.3 is 5.97 Å². The molecule has 0 radical (unpaired) electrons. The highest BCUT2D eigenvalue weighted by Crippen LogP contribution is 1.99. The molecule has 0 aliphatic carbocycles. The molecule has 0 fully saturated rings. The van der Waals surface area contributed by atoms with Crippen molar-refractivity contribution in [3.05, 3.63) is 23.3 Å². The molecule has 0 heterocycles. The van der Waals surface area contributed by atoms with Gasteiger partial charge in [0.2, 0.25) is 0 Å². The topological polar surface area (TPSA) is 37.3 Å². The summed E-state index contributed by atoms with van der Waals surface area (Å²) in [6, 6.07) is 0. The van der Waals surface area contributed by atoms with E-state index in [1.165, 1.54) is 6.08 Å². The standard InChI is InChI=1S/C8H12O2/c1-6(2)4-7(3)5-8(9)10/h4-5H,1-3H3,(H,9,10)/b7-5+. The molecule has 0 unspecified atom stereocenters. The SMILES string of the molecule is CC(C)=C/C(C)=C/C(=O)O. The maximum absolute atomic E-state index is 10.1. The Morgan fingerprint density at radius 2 is 1.70 bits per heavy atom. The molecular weight excluding hydrogens is 128 g/mol. The maximum Gasteiger partial charge on any atom is 0.328 e. The van der Waals surface area contributed by atoms with Crippen molar-refractivity contribution in [2.45, 2.75) is 20.8 Å². The Morgan fingerprint density at radius 3 is 2.00 bits per heavy atom. The third-order valence-electron chi connectivity index (χ3n) is 0.867. The second-order valence-corrected chi connectivity index (χ2v) is 2.45. The molecule has 0 aromatic heterocycles. The van der Waals surface area contributed by atoms with Gasteiger partial charge in [-0.1, -0.05) is 11.6 Å². The van der Waals surface area contributed by atoms with Gasteiger partial charge in [0.15, 0.2) is 0 Å². The van der Waals surface area contributed by atoms with Crippen molar-refractivity contribution < 1.29 is 9.90 Å². The van der Waals surface area contributed by atoms with Crippen LogP contribution in [0.4, 0.5) is 0 Å². The Hall–Kier alpha value is -1.05. The fourth-order valence-electron chi connectivity index (χ4n) is 0.692. The molecule has 0 amide bonds. The number of carbonyl (C=O) groups is 1. The van der Waals surface area contributed by atoms with Crippen molar-refractivity contribution in [2.24, 2.45) is 0 Å². The van der Waals surface area contributed by atoms with Gasteiger partial charge in [0.25, 0.3) is 0 Å². The molecule has 2 nitrogen and oxygen atoms in total. The molecular formula is C8H12O2. The van der Waals surface area contributed by atoms with Crippen LogP contribution in [0.15, 0.2) is 23.3 Å². The van der Waals surface area contributed by atoms with E-state index in [-0.39, 0.29) is 0 Å². The van der Waals surface area contributed by atoms with E-state index < -0.39 is 5.97 Å². The fraction of sp³-hybridized carbons (Fsp3) is 0.375. The third-order valence-corrected chi connectivity index (χ3v) is 0.867. The molecule has 0 atom stereocenters. The largest absolute Gasteiger partial charge is 0.478 e. The number of hydrogen-bond acceptors (Lipinski definition) is 1. The number of carboxylic acids is 1. The number of carboxylic acid groups (broad SMARTS) is 1. The van der Waals surface area contributed by atoms with E-state index in [9.17, 15) is 4.79 Å². The van der Waals surface area contributed by atoms with Gasteiger partial charge in [-0.15, -0.1) is 0 Å². The number of rotatable bonds is 2. The van der Waals surface area contributed by atoms with Gasteiger partial charge in [0, 0.05) is 6.08 Å². The minimum Gasteiger partial charge on any atom is -0.478 e. The second-order valence-electron chi connectivity index (χ2n) is 2.45. The highest BCUT2D eigenvalue weighted by molar-refractivity contribution is 5.81. The van der Waals surface area contributed by atoms with E-state index in [1.807, 2.05) is 19.9 Å². The zero-order chi connectivity index (χ0) is 8.15. The quantitative estimate of drug-likeness (QED) is 0.470. The summed E-state index contributed by atoms with van der Waals surface area (Å²) in [7, 11) is 0. The van der Waals surface area contributed by atoms with Crippen molar-refractivity contribution in [3.8, 4) is 0 Å². The lowest BCUT2D eigenvalue weighted by Gasteiger charge is -1.90. The molecule has 0 bridgehead atoms. The van der Waals surface area contributed by atoms with Gasteiger partial charge in [0.1, 0.15) is 0 Å². The van der Waals surface area contributed by atoms with Gasteiger partial charge in [-0.05, 0) is 26.3 Å². The molecule has 0 spiro atoms. The molecule has 1 N–H and O–H groups in total. The minimum absolute atomic E-state index is 0.771. The Kier molecular flexibility index (Phi) is 3.47. The first kappa shape index (κ1) is 8.95. The van der Waals surface area contributed by atoms with Crippen LogP contribution in [0.2, 0.25) is 0 Å².